The minimum Gasteiger partial charge on any atom is -0.459 e. The molecular weight excluding hydrogens is 306 g/mol. The molecule has 1 aliphatic heterocycles. The number of furan rings is 1. The second-order valence-electron chi connectivity index (χ2n) is 6.36. The van der Waals surface area contributed by atoms with Crippen LogP contribution in [-0.4, -0.2) is 37.7 Å². The van der Waals surface area contributed by atoms with Gasteiger partial charge in [0.25, 0.3) is 5.89 Å². The quantitative estimate of drug-likeness (QED) is 0.717. The fourth-order valence-electron chi connectivity index (χ4n) is 3.33. The summed E-state index contributed by atoms with van der Waals surface area (Å²) in [6.45, 7) is 5.83. The lowest BCUT2D eigenvalue weighted by Gasteiger charge is -2.32. The van der Waals surface area contributed by atoms with E-state index in [0.29, 0.717) is 17.6 Å². The summed E-state index contributed by atoms with van der Waals surface area (Å²) in [5.74, 6) is 2.69. The summed E-state index contributed by atoms with van der Waals surface area (Å²) in [6, 6.07) is 3.71. The molecule has 0 aromatic carbocycles. The Hall–Kier alpha value is -2.41. The molecule has 7 heteroatoms. The average Bonchev–Trinajstić information content (AvgIpc) is 3.31. The van der Waals surface area contributed by atoms with E-state index in [9.17, 15) is 0 Å². The van der Waals surface area contributed by atoms with Gasteiger partial charge in [0.15, 0.2) is 5.76 Å². The van der Waals surface area contributed by atoms with E-state index in [1.807, 2.05) is 23.7 Å². The summed E-state index contributed by atoms with van der Waals surface area (Å²) >= 11 is 0. The van der Waals surface area contributed by atoms with Crippen molar-refractivity contribution in [1.82, 2.24) is 24.6 Å². The van der Waals surface area contributed by atoms with Crippen molar-refractivity contribution >= 4 is 0 Å². The van der Waals surface area contributed by atoms with Gasteiger partial charge in [-0.05, 0) is 44.4 Å². The molecule has 0 amide bonds. The van der Waals surface area contributed by atoms with Crippen molar-refractivity contribution < 1.29 is 8.83 Å². The first-order valence-electron chi connectivity index (χ1n) is 8.33. The van der Waals surface area contributed by atoms with E-state index < -0.39 is 0 Å². The van der Waals surface area contributed by atoms with Gasteiger partial charge in [-0.1, -0.05) is 0 Å². The van der Waals surface area contributed by atoms with Crippen LogP contribution >= 0.6 is 0 Å². The van der Waals surface area contributed by atoms with E-state index in [1.54, 1.807) is 18.9 Å². The zero-order valence-electron chi connectivity index (χ0n) is 13.8. The van der Waals surface area contributed by atoms with Gasteiger partial charge in [0.1, 0.15) is 18.4 Å². The first-order valence-corrected chi connectivity index (χ1v) is 8.33. The Balaban J connectivity index is 1.41. The number of nitrogens with zero attached hydrogens (tertiary/aromatic N) is 5. The summed E-state index contributed by atoms with van der Waals surface area (Å²) in [4.78, 5) is 11.1. The summed E-state index contributed by atoms with van der Waals surface area (Å²) < 4.78 is 13.0. The highest BCUT2D eigenvalue weighted by molar-refractivity contribution is 5.44. The molecule has 24 heavy (non-hydrogen) atoms. The van der Waals surface area contributed by atoms with E-state index in [-0.39, 0.29) is 0 Å². The van der Waals surface area contributed by atoms with Gasteiger partial charge in [-0.15, -0.1) is 0 Å². The second-order valence-corrected chi connectivity index (χ2v) is 6.36. The maximum Gasteiger partial charge on any atom is 0.263 e. The van der Waals surface area contributed by atoms with Gasteiger partial charge in [0, 0.05) is 19.6 Å². The molecule has 0 saturated carbocycles. The number of hydrogen-bond donors (Lipinski definition) is 0. The van der Waals surface area contributed by atoms with Crippen LogP contribution in [0.2, 0.25) is 0 Å². The SMILES string of the molecule is Cc1oc(-c2ccco2)nc1CN1CCC[C@@H](Cn2cncn2)C1. The Morgan fingerprint density at radius 2 is 2.33 bits per heavy atom. The topological polar surface area (TPSA) is 73.1 Å². The van der Waals surface area contributed by atoms with Crippen LogP contribution in [0.15, 0.2) is 39.9 Å². The third-order valence-corrected chi connectivity index (χ3v) is 4.51. The first kappa shape index (κ1) is 15.1. The van der Waals surface area contributed by atoms with Gasteiger partial charge in [0.2, 0.25) is 0 Å². The lowest BCUT2D eigenvalue weighted by atomic mass is 9.98. The van der Waals surface area contributed by atoms with E-state index in [0.717, 1.165) is 37.6 Å². The molecule has 7 nitrogen and oxygen atoms in total. The Morgan fingerprint density at radius 3 is 3.12 bits per heavy atom. The highest BCUT2D eigenvalue weighted by Crippen LogP contribution is 2.25. The van der Waals surface area contributed by atoms with Crippen LogP contribution in [0, 0.1) is 12.8 Å². The van der Waals surface area contributed by atoms with Crippen LogP contribution in [0.1, 0.15) is 24.3 Å². The van der Waals surface area contributed by atoms with Crippen molar-refractivity contribution in [1.29, 1.82) is 0 Å². The fraction of sp³-hybridized carbons (Fsp3) is 0.471. The van der Waals surface area contributed by atoms with E-state index in [2.05, 4.69) is 20.0 Å². The van der Waals surface area contributed by atoms with Gasteiger partial charge in [-0.3, -0.25) is 9.58 Å². The molecule has 0 spiro atoms. The van der Waals surface area contributed by atoms with Crippen LogP contribution < -0.4 is 0 Å². The lowest BCUT2D eigenvalue weighted by molar-refractivity contribution is 0.151. The van der Waals surface area contributed by atoms with E-state index >= 15 is 0 Å². The summed E-state index contributed by atoms with van der Waals surface area (Å²) in [6.07, 6.45) is 7.44. The van der Waals surface area contributed by atoms with E-state index in [4.69, 9.17) is 8.83 Å². The standard InChI is InChI=1S/C17H21N5O2/c1-13-15(20-17(24-13)16-5-3-7-23-16)10-21-6-2-4-14(8-21)9-22-12-18-11-19-22/h3,5,7,11-12,14H,2,4,6,8-10H2,1H3/t14-/m1/s1. The van der Waals surface area contributed by atoms with Crippen molar-refractivity contribution in [3.05, 3.63) is 42.5 Å². The van der Waals surface area contributed by atoms with Gasteiger partial charge in [-0.2, -0.15) is 5.10 Å². The van der Waals surface area contributed by atoms with Crippen molar-refractivity contribution in [2.75, 3.05) is 13.1 Å². The zero-order chi connectivity index (χ0) is 16.4. The van der Waals surface area contributed by atoms with Gasteiger partial charge >= 0.3 is 0 Å². The highest BCUT2D eigenvalue weighted by atomic mass is 16.4. The lowest BCUT2D eigenvalue weighted by Crippen LogP contribution is -2.36. The van der Waals surface area contributed by atoms with Crippen molar-refractivity contribution in [3.8, 4) is 11.7 Å². The highest BCUT2D eigenvalue weighted by Gasteiger charge is 2.23. The molecule has 4 heterocycles. The van der Waals surface area contributed by atoms with Crippen LogP contribution in [0.25, 0.3) is 11.7 Å². The number of likely N-dealkylation sites (tertiary alicyclic amines) is 1. The molecule has 0 bridgehead atoms. The van der Waals surface area contributed by atoms with Crippen LogP contribution in [0.3, 0.4) is 0 Å². The summed E-state index contributed by atoms with van der Waals surface area (Å²) in [5, 5.41) is 4.21. The molecule has 3 aromatic rings. The molecule has 1 fully saturated rings. The number of oxazole rings is 1. The Morgan fingerprint density at radius 1 is 1.38 bits per heavy atom. The fourth-order valence-corrected chi connectivity index (χ4v) is 3.33. The van der Waals surface area contributed by atoms with Crippen LogP contribution in [-0.2, 0) is 13.1 Å². The minimum absolute atomic E-state index is 0.559. The van der Waals surface area contributed by atoms with Crippen LogP contribution in [0.4, 0.5) is 0 Å². The minimum atomic E-state index is 0.559. The molecule has 1 atom stereocenters. The molecule has 0 radical (unpaired) electrons. The third kappa shape index (κ3) is 3.26. The number of hydrogen-bond acceptors (Lipinski definition) is 6. The number of rotatable bonds is 5. The first-order chi connectivity index (χ1) is 11.8. The Kier molecular flexibility index (Phi) is 4.17. The number of aromatic nitrogens is 4. The monoisotopic (exact) mass is 327 g/mol. The molecule has 3 aromatic heterocycles. The molecule has 1 saturated heterocycles. The predicted octanol–water partition coefficient (Wildman–Crippen LogP) is 2.75. The molecular formula is C17H21N5O2. The largest absolute Gasteiger partial charge is 0.459 e. The molecule has 126 valence electrons. The normalized spacial score (nSPS) is 19.0. The number of piperidine rings is 1. The van der Waals surface area contributed by atoms with E-state index in [1.165, 1.54) is 12.8 Å². The molecule has 0 unspecified atom stereocenters. The molecule has 0 aliphatic carbocycles. The average molecular weight is 327 g/mol. The summed E-state index contributed by atoms with van der Waals surface area (Å²) in [5.41, 5.74) is 0.989. The number of aryl methyl sites for hydroxylation is 1. The Labute approximate surface area is 140 Å². The Bertz CT molecular complexity index is 763. The third-order valence-electron chi connectivity index (χ3n) is 4.51. The van der Waals surface area contributed by atoms with Gasteiger partial charge in [0.05, 0.1) is 12.0 Å². The summed E-state index contributed by atoms with van der Waals surface area (Å²) in [7, 11) is 0. The molecule has 4 rings (SSSR count). The van der Waals surface area contributed by atoms with Crippen molar-refractivity contribution in [2.24, 2.45) is 5.92 Å². The smallest absolute Gasteiger partial charge is 0.263 e. The van der Waals surface area contributed by atoms with Crippen molar-refractivity contribution in [3.63, 3.8) is 0 Å². The second kappa shape index (κ2) is 6.60. The maximum atomic E-state index is 5.76. The van der Waals surface area contributed by atoms with Gasteiger partial charge in [-0.25, -0.2) is 9.97 Å². The molecule has 0 N–H and O–H groups in total. The molecule has 1 aliphatic rings. The van der Waals surface area contributed by atoms with Crippen molar-refractivity contribution in [2.45, 2.75) is 32.9 Å². The van der Waals surface area contributed by atoms with Gasteiger partial charge < -0.3 is 8.83 Å². The maximum absolute atomic E-state index is 5.76. The zero-order valence-corrected chi connectivity index (χ0v) is 13.8. The van der Waals surface area contributed by atoms with Crippen LogP contribution in [0.5, 0.6) is 0 Å². The predicted molar refractivity (Wildman–Crippen MR) is 87.0 cm³/mol.